The van der Waals surface area contributed by atoms with Gasteiger partial charge >= 0.3 is 226 Å². The zero-order valence-corrected chi connectivity index (χ0v) is 23.8. The summed E-state index contributed by atoms with van der Waals surface area (Å²) in [5.74, 6) is -0.319. The molecular weight excluding hydrogens is 698 g/mol. The molecule has 0 aliphatic heterocycles. The van der Waals surface area contributed by atoms with E-state index in [0.717, 1.165) is 11.4 Å². The molecule has 4 aromatic carbocycles. The van der Waals surface area contributed by atoms with E-state index in [0.29, 0.717) is 21.2 Å². The van der Waals surface area contributed by atoms with Gasteiger partial charge in [-0.05, 0) is 0 Å². The first kappa shape index (κ1) is 25.1. The Morgan fingerprint density at radius 1 is 0.529 bits per heavy atom. The minimum absolute atomic E-state index is 0.159. The molecule has 0 fully saturated rings. The molecule has 34 heavy (non-hydrogen) atoms. The number of halogens is 2. The van der Waals surface area contributed by atoms with E-state index in [1.165, 1.54) is 7.22 Å². The average Bonchev–Trinajstić information content (AvgIpc) is 2.85. The second-order valence-electron chi connectivity index (χ2n) is 7.08. The Labute approximate surface area is 224 Å². The van der Waals surface area contributed by atoms with Crippen molar-refractivity contribution in [1.29, 1.82) is 0 Å². The zero-order chi connectivity index (χ0) is 23.9. The van der Waals surface area contributed by atoms with Crippen molar-refractivity contribution < 1.29 is 9.59 Å². The van der Waals surface area contributed by atoms with Gasteiger partial charge in [-0.15, -0.1) is 0 Å². The van der Waals surface area contributed by atoms with Crippen LogP contribution in [0.15, 0.2) is 97.1 Å². The number of nitrogens with one attached hydrogen (secondary N) is 2. The first-order chi connectivity index (χ1) is 16.5. The van der Waals surface area contributed by atoms with Crippen molar-refractivity contribution in [2.45, 2.75) is 0 Å². The van der Waals surface area contributed by atoms with Crippen molar-refractivity contribution in [2.24, 2.45) is 0 Å². The van der Waals surface area contributed by atoms with E-state index >= 15 is 0 Å². The van der Waals surface area contributed by atoms with Gasteiger partial charge in [0.05, 0.1) is 0 Å². The first-order valence-corrected chi connectivity index (χ1v) is 20.6. The SMILES string of the molecule is O=C(Nc1ccccc1[Te][Te]c1ccccc1NC(=O)c1ccc(Cl)cc1)c1ccc(Cl)cc1. The van der Waals surface area contributed by atoms with E-state index in [2.05, 4.69) is 22.8 Å². The van der Waals surface area contributed by atoms with Crippen LogP contribution in [0.3, 0.4) is 0 Å². The van der Waals surface area contributed by atoms with Gasteiger partial charge in [-0.3, -0.25) is 0 Å². The number of carbonyl (C=O) groups excluding carboxylic acids is 2. The van der Waals surface area contributed by atoms with E-state index in [4.69, 9.17) is 23.2 Å². The van der Waals surface area contributed by atoms with Gasteiger partial charge in [0.2, 0.25) is 0 Å². The molecule has 0 spiro atoms. The first-order valence-electron chi connectivity index (χ1n) is 10.2. The molecule has 8 heteroatoms. The van der Waals surface area contributed by atoms with Gasteiger partial charge in [0.15, 0.2) is 0 Å². The number of para-hydroxylation sites is 2. The van der Waals surface area contributed by atoms with Crippen molar-refractivity contribution in [3.05, 3.63) is 118 Å². The average molecular weight is 717 g/mol. The van der Waals surface area contributed by atoms with Crippen molar-refractivity contribution >= 4 is 87.7 Å². The third-order valence-electron chi connectivity index (χ3n) is 4.70. The molecule has 0 aliphatic carbocycles. The van der Waals surface area contributed by atoms with Gasteiger partial charge in [0.25, 0.3) is 0 Å². The molecule has 0 aliphatic rings. The number of amides is 2. The zero-order valence-electron chi connectivity index (χ0n) is 17.6. The van der Waals surface area contributed by atoms with Crippen LogP contribution in [0.5, 0.6) is 0 Å². The summed E-state index contributed by atoms with van der Waals surface area (Å²) >= 11 is 10.7. The third-order valence-corrected chi connectivity index (χ3v) is 17.0. The summed E-state index contributed by atoms with van der Waals surface area (Å²) in [6.45, 7) is 0. The summed E-state index contributed by atoms with van der Waals surface area (Å²) in [6, 6.07) is 29.6. The Morgan fingerprint density at radius 2 is 0.882 bits per heavy atom. The number of rotatable bonds is 7. The summed E-state index contributed by atoms with van der Waals surface area (Å²) in [7, 11) is 0. The quantitative estimate of drug-likeness (QED) is 0.271. The third kappa shape index (κ3) is 6.77. The van der Waals surface area contributed by atoms with Crippen LogP contribution >= 0.6 is 23.2 Å². The van der Waals surface area contributed by atoms with Crippen LogP contribution < -0.4 is 17.9 Å². The van der Waals surface area contributed by atoms with Gasteiger partial charge in [-0.2, -0.15) is 0 Å². The molecule has 0 atom stereocenters. The van der Waals surface area contributed by atoms with Crippen LogP contribution in [-0.4, -0.2) is 45.9 Å². The van der Waals surface area contributed by atoms with Gasteiger partial charge in [0.1, 0.15) is 0 Å². The summed E-state index contributed by atoms with van der Waals surface area (Å²) < 4.78 is 2.38. The van der Waals surface area contributed by atoms with Gasteiger partial charge in [-0.1, -0.05) is 0 Å². The standard InChI is InChI=1S/C26H18Cl2N2O2Te2/c27-19-13-9-17(10-14-19)25(31)29-21-5-1-3-7-23(21)33-34-24-8-4-2-6-22(24)30-26(32)18-11-15-20(28)16-12-18/h1-16H,(H,29,31)(H,30,32). The predicted octanol–water partition coefficient (Wildman–Crippen LogP) is 4.77. The Balaban J connectivity index is 1.46. The molecule has 2 amide bonds. The molecule has 2 N–H and O–H groups in total. The van der Waals surface area contributed by atoms with Crippen molar-refractivity contribution in [3.63, 3.8) is 0 Å². The molecule has 0 radical (unpaired) electrons. The Bertz CT molecular complexity index is 1210. The number of anilines is 2. The fourth-order valence-corrected chi connectivity index (χ4v) is 14.7. The number of hydrogen-bond donors (Lipinski definition) is 2. The summed E-state index contributed by atoms with van der Waals surface area (Å²) in [6.07, 6.45) is 0. The maximum atomic E-state index is 12.7. The molecule has 170 valence electrons. The molecule has 0 heterocycles. The monoisotopic (exact) mass is 720 g/mol. The van der Waals surface area contributed by atoms with Crippen molar-refractivity contribution in [2.75, 3.05) is 10.6 Å². The molecule has 0 unspecified atom stereocenters. The number of hydrogen-bond acceptors (Lipinski definition) is 2. The van der Waals surface area contributed by atoms with E-state index in [1.807, 2.05) is 36.4 Å². The van der Waals surface area contributed by atoms with Crippen molar-refractivity contribution in [3.8, 4) is 0 Å². The van der Waals surface area contributed by atoms with Gasteiger partial charge < -0.3 is 0 Å². The van der Waals surface area contributed by atoms with E-state index in [1.54, 1.807) is 48.5 Å². The molecule has 0 saturated heterocycles. The molecule has 4 aromatic rings. The summed E-state index contributed by atoms with van der Waals surface area (Å²) in [5.41, 5.74) is 2.81. The van der Waals surface area contributed by atoms with Crippen molar-refractivity contribution in [1.82, 2.24) is 0 Å². The van der Waals surface area contributed by atoms with E-state index in [-0.39, 0.29) is 11.8 Å². The van der Waals surface area contributed by atoms with Crippen LogP contribution in [0.2, 0.25) is 10.0 Å². The van der Waals surface area contributed by atoms with Gasteiger partial charge in [0, 0.05) is 0 Å². The fraction of sp³-hybridized carbons (Fsp3) is 0. The molecule has 0 aromatic heterocycles. The summed E-state index contributed by atoms with van der Waals surface area (Å²) in [4.78, 5) is 25.4. The van der Waals surface area contributed by atoms with Crippen LogP contribution in [-0.2, 0) is 0 Å². The fourth-order valence-electron chi connectivity index (χ4n) is 2.97. The number of carbonyl (C=O) groups is 2. The van der Waals surface area contributed by atoms with Crippen LogP contribution in [0.4, 0.5) is 11.4 Å². The Kier molecular flexibility index (Phi) is 8.92. The molecular formula is C26H18Cl2N2O2Te2. The Hall–Kier alpha value is -2.02. The van der Waals surface area contributed by atoms with E-state index in [9.17, 15) is 9.59 Å². The molecule has 4 nitrogen and oxygen atoms in total. The Morgan fingerprint density at radius 3 is 1.26 bits per heavy atom. The van der Waals surface area contributed by atoms with Crippen LogP contribution in [0.1, 0.15) is 20.7 Å². The predicted molar refractivity (Wildman–Crippen MR) is 142 cm³/mol. The summed E-state index contributed by atoms with van der Waals surface area (Å²) in [5, 5.41) is 7.28. The van der Waals surface area contributed by atoms with E-state index < -0.39 is 34.1 Å². The molecule has 0 bridgehead atoms. The molecule has 0 saturated carbocycles. The number of benzene rings is 4. The van der Waals surface area contributed by atoms with Gasteiger partial charge in [-0.25, -0.2) is 0 Å². The second-order valence-corrected chi connectivity index (χ2v) is 17.8. The second kappa shape index (κ2) is 12.1. The minimum atomic E-state index is -0.571. The maximum absolute atomic E-state index is 12.7. The van der Waals surface area contributed by atoms with Crippen LogP contribution in [0, 0.1) is 0 Å². The normalized spacial score (nSPS) is 10.5. The molecule has 4 rings (SSSR count). The topological polar surface area (TPSA) is 58.2 Å². The van der Waals surface area contributed by atoms with Crippen LogP contribution in [0.25, 0.3) is 0 Å².